The number of carbonyl (C=O) groups excluding carboxylic acids is 6. The molecule has 0 atom stereocenters. The fraction of sp³-hybridized carbons (Fsp3) is 0. The Morgan fingerprint density at radius 1 is 0.308 bits per heavy atom. The minimum atomic E-state index is 0. The van der Waals surface area contributed by atoms with Gasteiger partial charge in [0.05, 0.1) is 0 Å². The summed E-state index contributed by atoms with van der Waals surface area (Å²) in [6.45, 7) is 27.0. The van der Waals surface area contributed by atoms with E-state index in [0.29, 0.717) is 0 Å². The molecule has 0 fully saturated rings. The van der Waals surface area contributed by atoms with Crippen LogP contribution in [0.15, 0.2) is 0 Å². The summed E-state index contributed by atoms with van der Waals surface area (Å²) in [4.78, 5) is 45.0. The van der Waals surface area contributed by atoms with Crippen LogP contribution >= 0.6 is 0 Å². The third-order valence-corrected chi connectivity index (χ3v) is 0. The van der Waals surface area contributed by atoms with Crippen molar-refractivity contribution in [2.75, 3.05) is 0 Å². The number of rotatable bonds is 0. The van der Waals surface area contributed by atoms with Gasteiger partial charge in [0.15, 0.2) is 0 Å². The van der Waals surface area contributed by atoms with Gasteiger partial charge < -0.3 is 0 Å². The molecule has 13 heavy (non-hydrogen) atoms. The summed E-state index contributed by atoms with van der Waals surface area (Å²) < 4.78 is 0. The molecule has 13 radical (unpaired) electrons. The Morgan fingerprint density at radius 3 is 0.308 bits per heavy atom. The maximum absolute atomic E-state index is 7.50. The average Bonchev–Trinajstić information content (AvgIpc) is 2.33. The van der Waals surface area contributed by atoms with Gasteiger partial charge in [-0.05, 0) is 0 Å². The Bertz CT molecular complexity index is 32.6. The van der Waals surface area contributed by atoms with Gasteiger partial charge in [-0.3, -0.25) is 28.8 Å². The second-order valence-corrected chi connectivity index (χ2v) is 0. The molecule has 0 aromatic heterocycles. The molecule has 0 saturated carbocycles. The van der Waals surface area contributed by atoms with Gasteiger partial charge >= 0.3 is 0 Å². The molecule has 0 unspecified atom stereocenters. The zero-order chi connectivity index (χ0) is 12.0. The predicted molar refractivity (Wildman–Crippen MR) is 34.2 cm³/mol. The van der Waals surface area contributed by atoms with Crippen LogP contribution in [-0.4, -0.2) is 40.7 Å². The molecule has 7 heteroatoms. The molecule has 6 nitrogen and oxygen atoms in total. The van der Waals surface area contributed by atoms with Gasteiger partial charge in [0, 0.05) is 20.4 Å². The van der Waals surface area contributed by atoms with Gasteiger partial charge in [0.25, 0.3) is 40.7 Å². The Hall–Kier alpha value is -1.32. The second-order valence-electron chi connectivity index (χ2n) is 0. The summed E-state index contributed by atoms with van der Waals surface area (Å²) in [5.41, 5.74) is 0. The molecular weight excluding hydrogens is 354 g/mol. The van der Waals surface area contributed by atoms with Crippen LogP contribution in [0.5, 0.6) is 0 Å². The maximum atomic E-state index is 7.50. The van der Waals surface area contributed by atoms with E-state index in [1.54, 1.807) is 0 Å². The molecule has 0 aromatic rings. The largest absolute Gasteiger partial charge is 0.281 e. The molecule has 0 saturated heterocycles. The van der Waals surface area contributed by atoms with Crippen LogP contribution in [0.3, 0.4) is 0 Å². The molecule has 0 aliphatic carbocycles. The molecule has 0 amide bonds. The van der Waals surface area contributed by atoms with E-state index in [9.17, 15) is 0 Å². The second kappa shape index (κ2) is 577. The van der Waals surface area contributed by atoms with Crippen LogP contribution in [0.1, 0.15) is 0 Å². The van der Waals surface area contributed by atoms with Gasteiger partial charge in [-0.1, -0.05) is 0 Å². The van der Waals surface area contributed by atoms with Crippen LogP contribution in [-0.2, 0) is 49.2 Å². The van der Waals surface area contributed by atoms with Gasteiger partial charge in [-0.15, -0.1) is 0 Å². The molecule has 0 N–H and O–H groups in total. The van der Waals surface area contributed by atoms with Crippen LogP contribution in [0, 0.1) is 0 Å². The van der Waals surface area contributed by atoms with E-state index in [2.05, 4.69) is 40.7 Å². The quantitative estimate of drug-likeness (QED) is 0.481. The molecule has 0 aliphatic rings. The van der Waals surface area contributed by atoms with Gasteiger partial charge in [0.1, 0.15) is 0 Å². The fourth-order valence-electron chi connectivity index (χ4n) is 0. The molecule has 67 valence electrons. The molecule has 0 rings (SSSR count). The molecular formula is C6O6Re. The summed E-state index contributed by atoms with van der Waals surface area (Å²) in [7, 11) is 0. The minimum absolute atomic E-state index is 0. The van der Waals surface area contributed by atoms with Crippen molar-refractivity contribution in [3.05, 3.63) is 0 Å². The molecule has 0 heterocycles. The smallest absolute Gasteiger partial charge is 0.281 e. The number of hydrogen-bond acceptors (Lipinski definition) is 6. The molecule has 0 bridgehead atoms. The van der Waals surface area contributed by atoms with Crippen molar-refractivity contribution in [1.82, 2.24) is 0 Å². The first kappa shape index (κ1) is 60.8. The summed E-state index contributed by atoms with van der Waals surface area (Å²) in [6, 6.07) is 0. The maximum Gasteiger partial charge on any atom is 0.281 e. The van der Waals surface area contributed by atoms with E-state index in [1.165, 1.54) is 0 Å². The van der Waals surface area contributed by atoms with E-state index < -0.39 is 0 Å². The van der Waals surface area contributed by atoms with E-state index >= 15 is 0 Å². The normalized spacial score (nSPS) is 1.85. The van der Waals surface area contributed by atoms with Crippen molar-refractivity contribution in [3.63, 3.8) is 0 Å². The number of hydrogen-bond donors (Lipinski definition) is 0. The van der Waals surface area contributed by atoms with E-state index in [4.69, 9.17) is 28.8 Å². The molecule has 0 aliphatic heterocycles. The Kier molecular flexibility index (Phi) is 2700. The third-order valence-electron chi connectivity index (χ3n) is 0. The van der Waals surface area contributed by atoms with Crippen molar-refractivity contribution in [2.24, 2.45) is 0 Å². The Morgan fingerprint density at radius 2 is 0.308 bits per heavy atom. The Labute approximate surface area is 90.3 Å². The van der Waals surface area contributed by atoms with Crippen molar-refractivity contribution in [1.29, 1.82) is 0 Å². The monoisotopic (exact) mass is 355 g/mol. The zero-order valence-corrected chi connectivity index (χ0v) is 8.54. The van der Waals surface area contributed by atoms with Crippen LogP contribution in [0.25, 0.3) is 0 Å². The van der Waals surface area contributed by atoms with Crippen LogP contribution in [0.4, 0.5) is 0 Å². The summed E-state index contributed by atoms with van der Waals surface area (Å²) in [5.74, 6) is 0. The standard InChI is InChI=1S/6CO.Re/c6*1-2;. The van der Waals surface area contributed by atoms with Gasteiger partial charge in [-0.25, -0.2) is 0 Å². The first-order chi connectivity index (χ1) is 6.00. The fourth-order valence-corrected chi connectivity index (χ4v) is 0. The van der Waals surface area contributed by atoms with Crippen molar-refractivity contribution < 1.29 is 49.2 Å². The average molecular weight is 354 g/mol. The minimum Gasteiger partial charge on any atom is -0.281 e. The van der Waals surface area contributed by atoms with E-state index in [0.717, 1.165) is 0 Å². The Balaban J connectivity index is -0.00000000655. The van der Waals surface area contributed by atoms with Gasteiger partial charge in [-0.2, -0.15) is 0 Å². The topological polar surface area (TPSA) is 102 Å². The predicted octanol–water partition coefficient (Wildman–Crippen LogP) is -2.39. The SMILES string of the molecule is [C]=O.[C]=O.[C]=O.[C]=O.[C]=O.[C]=O.[Re]. The van der Waals surface area contributed by atoms with E-state index in [-0.39, 0.29) is 20.4 Å². The van der Waals surface area contributed by atoms with Gasteiger partial charge in [0.2, 0.25) is 0 Å². The van der Waals surface area contributed by atoms with Crippen LogP contribution in [0.2, 0.25) is 0 Å². The molecule has 0 aromatic carbocycles. The zero-order valence-electron chi connectivity index (χ0n) is 5.83. The van der Waals surface area contributed by atoms with Crippen molar-refractivity contribution >= 4 is 40.7 Å². The van der Waals surface area contributed by atoms with Crippen molar-refractivity contribution in [3.8, 4) is 0 Å². The third kappa shape index (κ3) is 464. The van der Waals surface area contributed by atoms with Crippen molar-refractivity contribution in [2.45, 2.75) is 0 Å². The first-order valence-corrected chi connectivity index (χ1v) is 1.22. The van der Waals surface area contributed by atoms with E-state index in [1.807, 2.05) is 0 Å². The molecule has 0 spiro atoms. The summed E-state index contributed by atoms with van der Waals surface area (Å²) in [6.07, 6.45) is 0. The summed E-state index contributed by atoms with van der Waals surface area (Å²) in [5, 5.41) is 0. The van der Waals surface area contributed by atoms with Crippen LogP contribution < -0.4 is 0 Å². The summed E-state index contributed by atoms with van der Waals surface area (Å²) >= 11 is 0. The first-order valence-electron chi connectivity index (χ1n) is 1.22.